The normalized spacial score (nSPS) is 40.3. The van der Waals surface area contributed by atoms with E-state index in [2.05, 4.69) is 16.6 Å². The minimum Gasteiger partial charge on any atom is -0.447 e. The van der Waals surface area contributed by atoms with Gasteiger partial charge in [-0.1, -0.05) is 26.2 Å². The van der Waals surface area contributed by atoms with Crippen molar-refractivity contribution in [3.8, 4) is 0 Å². The number of hydrogen-bond donors (Lipinski definition) is 0. The molecule has 0 radical (unpaired) electrons. The highest BCUT2D eigenvalue weighted by Crippen LogP contribution is 2.49. The van der Waals surface area contributed by atoms with E-state index in [1.54, 1.807) is 7.11 Å². The number of methoxy groups -OCH3 is 1. The predicted molar refractivity (Wildman–Crippen MR) is 111 cm³/mol. The molecule has 6 nitrogen and oxygen atoms in total. The lowest BCUT2D eigenvalue weighted by atomic mass is 9.64. The minimum absolute atomic E-state index is 0.0233. The van der Waals surface area contributed by atoms with Gasteiger partial charge in [-0.05, 0) is 63.8 Å². The first kappa shape index (κ1) is 21.0. The van der Waals surface area contributed by atoms with Crippen LogP contribution >= 0.6 is 0 Å². The molecule has 2 atom stereocenters. The average Bonchev–Trinajstić information content (AvgIpc) is 2.73. The molecule has 0 bridgehead atoms. The van der Waals surface area contributed by atoms with Gasteiger partial charge in [0.2, 0.25) is 0 Å². The molecule has 2 heterocycles. The Morgan fingerprint density at radius 2 is 1.76 bits per heavy atom. The van der Waals surface area contributed by atoms with Crippen LogP contribution in [0.5, 0.6) is 0 Å². The maximum Gasteiger partial charge on any atom is 0.417 e. The van der Waals surface area contributed by atoms with Gasteiger partial charge in [0.1, 0.15) is 5.60 Å². The molecule has 2 saturated heterocycles. The van der Waals surface area contributed by atoms with Crippen molar-refractivity contribution < 1.29 is 19.1 Å². The molecule has 0 N–H and O–H groups in total. The number of carbonyl (C=O) groups is 1. The molecule has 4 rings (SSSR count). The zero-order valence-corrected chi connectivity index (χ0v) is 18.1. The Morgan fingerprint density at radius 1 is 1.03 bits per heavy atom. The lowest BCUT2D eigenvalue weighted by Crippen LogP contribution is -2.75. The summed E-state index contributed by atoms with van der Waals surface area (Å²) in [6.07, 6.45) is 12.0. The molecule has 29 heavy (non-hydrogen) atoms. The summed E-state index contributed by atoms with van der Waals surface area (Å²) in [6.45, 7) is 4.31. The summed E-state index contributed by atoms with van der Waals surface area (Å²) in [5, 5.41) is 0. The van der Waals surface area contributed by atoms with Crippen LogP contribution in [-0.4, -0.2) is 59.3 Å². The van der Waals surface area contributed by atoms with Gasteiger partial charge in [0.15, 0.2) is 0 Å². The fraction of sp³-hybridized carbons (Fsp3) is 0.913. The second-order valence-corrected chi connectivity index (χ2v) is 9.98. The zero-order valence-electron chi connectivity index (χ0n) is 18.1. The second-order valence-electron chi connectivity index (χ2n) is 9.98. The Hall–Kier alpha value is -1.23. The Labute approximate surface area is 174 Å². The molecular formula is C23H37N3O3. The summed E-state index contributed by atoms with van der Waals surface area (Å²) in [4.78, 5) is 19.2. The molecule has 0 amide bonds. The second kappa shape index (κ2) is 8.87. The van der Waals surface area contributed by atoms with E-state index in [1.165, 1.54) is 25.7 Å². The molecule has 0 aromatic rings. The van der Waals surface area contributed by atoms with Crippen molar-refractivity contribution in [1.82, 2.24) is 4.90 Å². The molecule has 6 heteroatoms. The standard InChI is InChI=1S/C23H37N3O3/c1-16-6-10-18(11-7-16)23(15-26-14-4-3-5-20(23)26)29-22(27)21(25-24)17-8-12-19(28-2)13-9-17/h16-20H,3-15H2,1-2H3/t16?,17?,18?,19?,20-,23+/m1/s1. The highest BCUT2D eigenvalue weighted by atomic mass is 16.6. The smallest absolute Gasteiger partial charge is 0.417 e. The molecule has 162 valence electrons. The van der Waals surface area contributed by atoms with E-state index in [4.69, 9.17) is 9.47 Å². The van der Waals surface area contributed by atoms with E-state index in [0.29, 0.717) is 12.0 Å². The maximum absolute atomic E-state index is 13.3. The molecule has 0 aromatic carbocycles. The predicted octanol–water partition coefficient (Wildman–Crippen LogP) is 3.84. The summed E-state index contributed by atoms with van der Waals surface area (Å²) in [5.41, 5.74) is 9.54. The number of fused-ring (bicyclic) bond motifs is 1. The molecule has 4 fully saturated rings. The quantitative estimate of drug-likeness (QED) is 0.302. The highest BCUT2D eigenvalue weighted by molar-refractivity contribution is 6.34. The van der Waals surface area contributed by atoms with Gasteiger partial charge >= 0.3 is 11.7 Å². The Morgan fingerprint density at radius 3 is 2.38 bits per heavy atom. The number of piperidine rings is 1. The van der Waals surface area contributed by atoms with Crippen molar-refractivity contribution in [2.24, 2.45) is 17.8 Å². The highest BCUT2D eigenvalue weighted by Gasteiger charge is 2.61. The first-order chi connectivity index (χ1) is 14.1. The topological polar surface area (TPSA) is 75.2 Å². The Kier molecular flexibility index (Phi) is 6.43. The summed E-state index contributed by atoms with van der Waals surface area (Å²) in [6, 6.07) is 0.350. The summed E-state index contributed by atoms with van der Waals surface area (Å²) >= 11 is 0. The molecule has 0 aromatic heterocycles. The Balaban J connectivity index is 1.48. The van der Waals surface area contributed by atoms with Gasteiger partial charge in [-0.2, -0.15) is 4.79 Å². The molecular weight excluding hydrogens is 366 g/mol. The van der Waals surface area contributed by atoms with Gasteiger partial charge in [-0.25, -0.2) is 4.79 Å². The number of ether oxygens (including phenoxy) is 2. The van der Waals surface area contributed by atoms with Crippen molar-refractivity contribution >= 4 is 11.7 Å². The number of rotatable bonds is 5. The van der Waals surface area contributed by atoms with Crippen LogP contribution in [0.3, 0.4) is 0 Å². The lowest BCUT2D eigenvalue weighted by Gasteiger charge is -2.62. The lowest BCUT2D eigenvalue weighted by molar-refractivity contribution is -0.226. The summed E-state index contributed by atoms with van der Waals surface area (Å²) in [5.74, 6) is 0.806. The number of carbonyl (C=O) groups excluding carboxylic acids is 1. The van der Waals surface area contributed by atoms with Gasteiger partial charge in [0, 0.05) is 19.6 Å². The molecule has 0 unspecified atom stereocenters. The van der Waals surface area contributed by atoms with Gasteiger partial charge < -0.3 is 15.0 Å². The SMILES string of the molecule is COC1CCC(C(=[N+]=[N-])C(=O)O[C@]2(C3CCC(C)CC3)CN3CCCC[C@@H]32)CC1. The van der Waals surface area contributed by atoms with Crippen LogP contribution < -0.4 is 0 Å². The average molecular weight is 404 g/mol. The van der Waals surface area contributed by atoms with Crippen LogP contribution in [0, 0.1) is 17.8 Å². The van der Waals surface area contributed by atoms with E-state index in [-0.39, 0.29) is 29.3 Å². The van der Waals surface area contributed by atoms with E-state index >= 15 is 0 Å². The van der Waals surface area contributed by atoms with Crippen LogP contribution in [0.15, 0.2) is 0 Å². The third kappa shape index (κ3) is 4.04. The van der Waals surface area contributed by atoms with Gasteiger partial charge in [-0.15, -0.1) is 0 Å². The maximum atomic E-state index is 13.3. The molecule has 4 aliphatic rings. The fourth-order valence-electron chi connectivity index (χ4n) is 6.46. The third-order valence-electron chi connectivity index (χ3n) is 8.33. The van der Waals surface area contributed by atoms with Crippen molar-refractivity contribution in [3.05, 3.63) is 5.53 Å². The Bertz CT molecular complexity index is 646. The number of esters is 1. The fourth-order valence-corrected chi connectivity index (χ4v) is 6.46. The monoisotopic (exact) mass is 403 g/mol. The third-order valence-corrected chi connectivity index (χ3v) is 8.33. The van der Waals surface area contributed by atoms with Gasteiger partial charge in [-0.3, -0.25) is 4.90 Å². The van der Waals surface area contributed by atoms with E-state index in [9.17, 15) is 10.3 Å². The summed E-state index contributed by atoms with van der Waals surface area (Å²) in [7, 11) is 1.74. The molecule has 2 aliphatic heterocycles. The molecule has 2 aliphatic carbocycles. The zero-order chi connectivity index (χ0) is 20.4. The molecule has 2 saturated carbocycles. The molecule has 0 spiro atoms. The number of nitrogens with zero attached hydrogens (tertiary/aromatic N) is 3. The van der Waals surface area contributed by atoms with Crippen LogP contribution in [0.25, 0.3) is 5.53 Å². The van der Waals surface area contributed by atoms with Gasteiger partial charge in [0.05, 0.1) is 18.1 Å². The van der Waals surface area contributed by atoms with Crippen LogP contribution in [-0.2, 0) is 14.3 Å². The summed E-state index contributed by atoms with van der Waals surface area (Å²) < 4.78 is 11.8. The first-order valence-corrected chi connectivity index (χ1v) is 11.8. The first-order valence-electron chi connectivity index (χ1n) is 11.8. The van der Waals surface area contributed by atoms with Crippen LogP contribution in [0.4, 0.5) is 0 Å². The van der Waals surface area contributed by atoms with Gasteiger partial charge in [0.25, 0.3) is 0 Å². The van der Waals surface area contributed by atoms with Crippen molar-refractivity contribution in [2.45, 2.75) is 95.3 Å². The number of hydrogen-bond acceptors (Lipinski definition) is 4. The minimum atomic E-state index is -0.378. The van der Waals surface area contributed by atoms with Crippen LogP contribution in [0.1, 0.15) is 77.6 Å². The van der Waals surface area contributed by atoms with Crippen molar-refractivity contribution in [3.63, 3.8) is 0 Å². The van der Waals surface area contributed by atoms with E-state index < -0.39 is 0 Å². The van der Waals surface area contributed by atoms with Crippen molar-refractivity contribution in [2.75, 3.05) is 20.2 Å². The van der Waals surface area contributed by atoms with Crippen LogP contribution in [0.2, 0.25) is 0 Å². The van der Waals surface area contributed by atoms with Crippen molar-refractivity contribution in [1.29, 1.82) is 0 Å². The van der Waals surface area contributed by atoms with E-state index in [0.717, 1.165) is 64.0 Å². The largest absolute Gasteiger partial charge is 0.447 e. The van der Waals surface area contributed by atoms with E-state index in [1.807, 2.05) is 0 Å².